The highest BCUT2D eigenvalue weighted by atomic mass is 79.9. The summed E-state index contributed by atoms with van der Waals surface area (Å²) in [5, 5.41) is 2.11. The molecule has 0 aliphatic carbocycles. The van der Waals surface area contributed by atoms with E-state index in [-0.39, 0.29) is 24.4 Å². The van der Waals surface area contributed by atoms with Gasteiger partial charge in [-0.2, -0.15) is 0 Å². The zero-order chi connectivity index (χ0) is 22.0. The summed E-state index contributed by atoms with van der Waals surface area (Å²) in [6.45, 7) is 5.20. The maximum atomic E-state index is 13.5. The Kier molecular flexibility index (Phi) is 6.58. The number of hydrogen-bond donors (Lipinski definition) is 0. The smallest absolute Gasteiger partial charge is 0.255 e. The lowest BCUT2D eigenvalue weighted by Crippen LogP contribution is -2.46. The molecule has 1 aliphatic heterocycles. The van der Waals surface area contributed by atoms with Crippen molar-refractivity contribution in [2.24, 2.45) is 0 Å². The van der Waals surface area contributed by atoms with Crippen molar-refractivity contribution < 1.29 is 9.59 Å². The SMILES string of the molecule is CCN(CC(=O)N1CCc2sccc2C1c1ccccc1C)C(=O)c1ccccc1Br. The van der Waals surface area contributed by atoms with E-state index < -0.39 is 0 Å². The lowest BCUT2D eigenvalue weighted by atomic mass is 9.90. The molecule has 0 radical (unpaired) electrons. The Hall–Kier alpha value is -2.44. The summed E-state index contributed by atoms with van der Waals surface area (Å²) < 4.78 is 0.740. The van der Waals surface area contributed by atoms with Gasteiger partial charge >= 0.3 is 0 Å². The van der Waals surface area contributed by atoms with Crippen molar-refractivity contribution in [2.45, 2.75) is 26.3 Å². The van der Waals surface area contributed by atoms with Gasteiger partial charge in [0.05, 0.1) is 11.6 Å². The van der Waals surface area contributed by atoms with Gasteiger partial charge in [0.15, 0.2) is 0 Å². The van der Waals surface area contributed by atoms with E-state index in [9.17, 15) is 9.59 Å². The standard InChI is InChI=1S/C25H25BrN2O2S/c1-3-27(25(30)19-10-6-7-11-21(19)26)16-23(29)28-14-12-22-20(13-15-31-22)24(28)18-9-5-4-8-17(18)2/h4-11,13,15,24H,3,12,14,16H2,1-2H3. The van der Waals surface area contributed by atoms with E-state index in [2.05, 4.69) is 46.4 Å². The molecular formula is C25H25BrN2O2S. The first-order valence-electron chi connectivity index (χ1n) is 10.5. The van der Waals surface area contributed by atoms with Crippen LogP contribution in [-0.4, -0.2) is 41.2 Å². The number of halogens is 1. The number of rotatable bonds is 5. The molecule has 1 unspecified atom stereocenters. The molecule has 4 nitrogen and oxygen atoms in total. The van der Waals surface area contributed by atoms with E-state index in [0.29, 0.717) is 18.7 Å². The van der Waals surface area contributed by atoms with Crippen molar-refractivity contribution in [2.75, 3.05) is 19.6 Å². The first-order chi connectivity index (χ1) is 15.0. The first-order valence-corrected chi connectivity index (χ1v) is 12.1. The fraction of sp³-hybridized carbons (Fsp3) is 0.280. The number of fused-ring (bicyclic) bond motifs is 1. The number of thiophene rings is 1. The van der Waals surface area contributed by atoms with Crippen molar-refractivity contribution in [3.05, 3.63) is 91.6 Å². The maximum absolute atomic E-state index is 13.5. The van der Waals surface area contributed by atoms with Gasteiger partial charge in [-0.25, -0.2) is 0 Å². The van der Waals surface area contributed by atoms with Crippen LogP contribution in [0.3, 0.4) is 0 Å². The molecule has 0 spiro atoms. The number of benzene rings is 2. The molecule has 6 heteroatoms. The average molecular weight is 497 g/mol. The lowest BCUT2D eigenvalue weighted by Gasteiger charge is -2.38. The molecule has 160 valence electrons. The molecule has 0 fully saturated rings. The Bertz CT molecular complexity index is 1110. The Morgan fingerprint density at radius 2 is 1.84 bits per heavy atom. The number of hydrogen-bond acceptors (Lipinski definition) is 3. The van der Waals surface area contributed by atoms with Crippen molar-refractivity contribution >= 4 is 39.1 Å². The average Bonchev–Trinajstić information content (AvgIpc) is 3.26. The normalized spacial score (nSPS) is 15.5. The van der Waals surface area contributed by atoms with Crippen LogP contribution in [0, 0.1) is 6.92 Å². The zero-order valence-electron chi connectivity index (χ0n) is 17.7. The van der Waals surface area contributed by atoms with Gasteiger partial charge in [0, 0.05) is 22.4 Å². The summed E-state index contributed by atoms with van der Waals surface area (Å²) in [7, 11) is 0. The van der Waals surface area contributed by atoms with Gasteiger partial charge in [-0.15, -0.1) is 11.3 Å². The van der Waals surface area contributed by atoms with Gasteiger partial charge in [-0.3, -0.25) is 9.59 Å². The van der Waals surface area contributed by atoms with Gasteiger partial charge in [0.1, 0.15) is 6.54 Å². The van der Waals surface area contributed by atoms with Crippen LogP contribution >= 0.6 is 27.3 Å². The van der Waals surface area contributed by atoms with Gasteiger partial charge in [-0.05, 0) is 76.5 Å². The third-order valence-electron chi connectivity index (χ3n) is 5.87. The number of aryl methyl sites for hydroxylation is 1. The van der Waals surface area contributed by atoms with Crippen LogP contribution in [0.4, 0.5) is 0 Å². The molecule has 1 atom stereocenters. The second-order valence-electron chi connectivity index (χ2n) is 7.69. The largest absolute Gasteiger partial charge is 0.330 e. The monoisotopic (exact) mass is 496 g/mol. The van der Waals surface area contributed by atoms with Crippen LogP contribution in [0.5, 0.6) is 0 Å². The zero-order valence-corrected chi connectivity index (χ0v) is 20.1. The minimum atomic E-state index is -0.135. The number of nitrogens with zero attached hydrogens (tertiary/aromatic N) is 2. The molecular weight excluding hydrogens is 472 g/mol. The van der Waals surface area contributed by atoms with E-state index in [4.69, 9.17) is 0 Å². The summed E-state index contributed by atoms with van der Waals surface area (Å²) in [5.41, 5.74) is 4.10. The third kappa shape index (κ3) is 4.32. The molecule has 3 aromatic rings. The molecule has 1 aliphatic rings. The molecule has 2 amide bonds. The van der Waals surface area contributed by atoms with Gasteiger partial charge in [-0.1, -0.05) is 36.4 Å². The summed E-state index contributed by atoms with van der Waals surface area (Å²) in [5.74, 6) is -0.156. The second-order valence-corrected chi connectivity index (χ2v) is 9.55. The van der Waals surface area contributed by atoms with Crippen LogP contribution in [0.15, 0.2) is 64.5 Å². The number of likely N-dealkylation sites (N-methyl/N-ethyl adjacent to an activating group) is 1. The van der Waals surface area contributed by atoms with Gasteiger partial charge in [0.25, 0.3) is 5.91 Å². The quantitative estimate of drug-likeness (QED) is 0.470. The van der Waals surface area contributed by atoms with Crippen molar-refractivity contribution in [1.29, 1.82) is 0 Å². The van der Waals surface area contributed by atoms with Crippen LogP contribution in [0.1, 0.15) is 44.9 Å². The molecule has 0 N–H and O–H groups in total. The third-order valence-corrected chi connectivity index (χ3v) is 7.56. The van der Waals surface area contributed by atoms with E-state index in [1.165, 1.54) is 16.0 Å². The van der Waals surface area contributed by atoms with Crippen molar-refractivity contribution in [1.82, 2.24) is 9.80 Å². The summed E-state index contributed by atoms with van der Waals surface area (Å²) >= 11 is 5.22. The van der Waals surface area contributed by atoms with Crippen molar-refractivity contribution in [3.8, 4) is 0 Å². The molecule has 0 saturated carbocycles. The van der Waals surface area contributed by atoms with Crippen molar-refractivity contribution in [3.63, 3.8) is 0 Å². The number of carbonyl (C=O) groups is 2. The van der Waals surface area contributed by atoms with Crippen LogP contribution < -0.4 is 0 Å². The van der Waals surface area contributed by atoms with Gasteiger partial charge in [0.2, 0.25) is 5.91 Å². The van der Waals surface area contributed by atoms with Crippen LogP contribution in [0.2, 0.25) is 0 Å². The molecule has 0 saturated heterocycles. The second kappa shape index (κ2) is 9.37. The summed E-state index contributed by atoms with van der Waals surface area (Å²) in [6.07, 6.45) is 0.853. The fourth-order valence-electron chi connectivity index (χ4n) is 4.20. The number of carbonyl (C=O) groups excluding carboxylic acids is 2. The molecule has 31 heavy (non-hydrogen) atoms. The maximum Gasteiger partial charge on any atom is 0.255 e. The topological polar surface area (TPSA) is 40.6 Å². The summed E-state index contributed by atoms with van der Waals surface area (Å²) in [6, 6.07) is 17.6. The minimum Gasteiger partial charge on any atom is -0.330 e. The molecule has 2 heterocycles. The Morgan fingerprint density at radius 1 is 1.10 bits per heavy atom. The highest BCUT2D eigenvalue weighted by Crippen LogP contribution is 2.39. The predicted octanol–water partition coefficient (Wildman–Crippen LogP) is 5.46. The fourth-order valence-corrected chi connectivity index (χ4v) is 5.56. The van der Waals surface area contributed by atoms with Crippen LogP contribution in [-0.2, 0) is 11.2 Å². The lowest BCUT2D eigenvalue weighted by molar-refractivity contribution is -0.134. The number of amides is 2. The van der Waals surface area contributed by atoms with E-state index in [1.807, 2.05) is 42.2 Å². The molecule has 4 rings (SSSR count). The highest BCUT2D eigenvalue weighted by molar-refractivity contribution is 9.10. The first kappa shape index (κ1) is 21.8. The van der Waals surface area contributed by atoms with E-state index >= 15 is 0 Å². The Labute approximate surface area is 195 Å². The van der Waals surface area contributed by atoms with Crippen LogP contribution in [0.25, 0.3) is 0 Å². The minimum absolute atomic E-state index is 0.0210. The summed E-state index contributed by atoms with van der Waals surface area (Å²) in [4.78, 5) is 31.6. The highest BCUT2D eigenvalue weighted by Gasteiger charge is 2.34. The Balaban J connectivity index is 1.63. The van der Waals surface area contributed by atoms with E-state index in [1.54, 1.807) is 22.3 Å². The van der Waals surface area contributed by atoms with Gasteiger partial charge < -0.3 is 9.80 Å². The Morgan fingerprint density at radius 3 is 2.58 bits per heavy atom. The molecule has 0 bridgehead atoms. The predicted molar refractivity (Wildman–Crippen MR) is 128 cm³/mol. The van der Waals surface area contributed by atoms with E-state index in [0.717, 1.165) is 16.5 Å². The molecule has 1 aromatic heterocycles. The molecule has 2 aromatic carbocycles.